The standard InChI is InChI=1S/C21H22ClN3O2/c1-14-12-15(2)25(24-14)18-7-4-16(5-8-18)10-11-23-21(26)19-13-17(22)6-9-20(19)27-3/h4-9,12-13H,10-11H2,1-3H3,(H,23,26). The second-order valence-electron chi connectivity index (χ2n) is 6.36. The fourth-order valence-electron chi connectivity index (χ4n) is 2.97. The van der Waals surface area contributed by atoms with Crippen LogP contribution in [0.3, 0.4) is 0 Å². The first kappa shape index (κ1) is 19.0. The van der Waals surface area contributed by atoms with Crippen molar-refractivity contribution in [3.63, 3.8) is 0 Å². The number of carbonyl (C=O) groups excluding carboxylic acids is 1. The first-order valence-electron chi connectivity index (χ1n) is 8.72. The molecule has 27 heavy (non-hydrogen) atoms. The highest BCUT2D eigenvalue weighted by Crippen LogP contribution is 2.22. The minimum atomic E-state index is -0.200. The molecule has 0 saturated carbocycles. The maximum absolute atomic E-state index is 12.4. The molecule has 140 valence electrons. The van der Waals surface area contributed by atoms with Crippen LogP contribution in [0.2, 0.25) is 5.02 Å². The smallest absolute Gasteiger partial charge is 0.255 e. The highest BCUT2D eigenvalue weighted by molar-refractivity contribution is 6.31. The molecule has 0 atom stereocenters. The van der Waals surface area contributed by atoms with Crippen molar-refractivity contribution in [1.82, 2.24) is 15.1 Å². The van der Waals surface area contributed by atoms with Gasteiger partial charge < -0.3 is 10.1 Å². The van der Waals surface area contributed by atoms with Crippen molar-refractivity contribution in [2.45, 2.75) is 20.3 Å². The number of methoxy groups -OCH3 is 1. The Bertz CT molecular complexity index is 949. The summed E-state index contributed by atoms with van der Waals surface area (Å²) in [5, 5.41) is 7.90. The second-order valence-corrected chi connectivity index (χ2v) is 6.79. The molecule has 0 fully saturated rings. The Balaban J connectivity index is 1.60. The summed E-state index contributed by atoms with van der Waals surface area (Å²) in [6.07, 6.45) is 0.728. The lowest BCUT2D eigenvalue weighted by Gasteiger charge is -2.10. The van der Waals surface area contributed by atoms with E-state index in [0.29, 0.717) is 22.9 Å². The van der Waals surface area contributed by atoms with Gasteiger partial charge in [-0.2, -0.15) is 5.10 Å². The molecule has 0 unspecified atom stereocenters. The normalized spacial score (nSPS) is 10.7. The van der Waals surface area contributed by atoms with Gasteiger partial charge >= 0.3 is 0 Å². The summed E-state index contributed by atoms with van der Waals surface area (Å²) in [5.41, 5.74) is 4.69. The first-order chi connectivity index (χ1) is 13.0. The fraction of sp³-hybridized carbons (Fsp3) is 0.238. The van der Waals surface area contributed by atoms with Gasteiger partial charge in [-0.15, -0.1) is 0 Å². The van der Waals surface area contributed by atoms with Crippen molar-refractivity contribution < 1.29 is 9.53 Å². The minimum Gasteiger partial charge on any atom is -0.496 e. The van der Waals surface area contributed by atoms with Gasteiger partial charge in [-0.3, -0.25) is 4.79 Å². The van der Waals surface area contributed by atoms with Crippen LogP contribution < -0.4 is 10.1 Å². The lowest BCUT2D eigenvalue weighted by Crippen LogP contribution is -2.26. The molecule has 0 aliphatic carbocycles. The van der Waals surface area contributed by atoms with Gasteiger partial charge in [0.05, 0.1) is 24.1 Å². The minimum absolute atomic E-state index is 0.200. The third kappa shape index (κ3) is 4.49. The van der Waals surface area contributed by atoms with E-state index in [4.69, 9.17) is 16.3 Å². The number of nitrogens with zero attached hydrogens (tertiary/aromatic N) is 2. The average molecular weight is 384 g/mol. The van der Waals surface area contributed by atoms with Gasteiger partial charge in [-0.1, -0.05) is 23.7 Å². The van der Waals surface area contributed by atoms with Gasteiger partial charge in [0.15, 0.2) is 0 Å². The maximum Gasteiger partial charge on any atom is 0.255 e. The van der Waals surface area contributed by atoms with Crippen LogP contribution >= 0.6 is 11.6 Å². The molecular formula is C21H22ClN3O2. The van der Waals surface area contributed by atoms with Crippen molar-refractivity contribution in [2.75, 3.05) is 13.7 Å². The summed E-state index contributed by atoms with van der Waals surface area (Å²) in [5.74, 6) is 0.305. The number of halogens is 1. The maximum atomic E-state index is 12.4. The van der Waals surface area contributed by atoms with Gasteiger partial charge in [0.25, 0.3) is 5.91 Å². The second kappa shape index (κ2) is 8.27. The number of nitrogens with one attached hydrogen (secondary N) is 1. The molecule has 1 N–H and O–H groups in total. The molecule has 2 aromatic carbocycles. The summed E-state index contributed by atoms with van der Waals surface area (Å²) in [4.78, 5) is 12.4. The van der Waals surface area contributed by atoms with E-state index in [-0.39, 0.29) is 5.91 Å². The van der Waals surface area contributed by atoms with Gasteiger partial charge in [-0.05, 0) is 62.2 Å². The molecule has 0 radical (unpaired) electrons. The zero-order chi connectivity index (χ0) is 19.4. The Morgan fingerprint density at radius 2 is 1.89 bits per heavy atom. The van der Waals surface area contributed by atoms with Crippen molar-refractivity contribution >= 4 is 17.5 Å². The number of amides is 1. The van der Waals surface area contributed by atoms with E-state index in [0.717, 1.165) is 29.1 Å². The molecule has 0 bridgehead atoms. The SMILES string of the molecule is COc1ccc(Cl)cc1C(=O)NCCc1ccc(-n2nc(C)cc2C)cc1. The van der Waals surface area contributed by atoms with E-state index in [9.17, 15) is 4.79 Å². The topological polar surface area (TPSA) is 56.1 Å². The number of hydrogen-bond acceptors (Lipinski definition) is 3. The van der Waals surface area contributed by atoms with Gasteiger partial charge in [0.2, 0.25) is 0 Å². The lowest BCUT2D eigenvalue weighted by molar-refractivity contribution is 0.0951. The Morgan fingerprint density at radius 1 is 1.15 bits per heavy atom. The molecule has 3 rings (SSSR count). The van der Waals surface area contributed by atoms with Crippen LogP contribution in [0.4, 0.5) is 0 Å². The average Bonchev–Trinajstić information content (AvgIpc) is 3.00. The van der Waals surface area contributed by atoms with E-state index in [1.54, 1.807) is 18.2 Å². The first-order valence-corrected chi connectivity index (χ1v) is 9.10. The summed E-state index contributed by atoms with van der Waals surface area (Å²) >= 11 is 5.98. The van der Waals surface area contributed by atoms with Crippen LogP contribution in [0, 0.1) is 13.8 Å². The van der Waals surface area contributed by atoms with Crippen LogP contribution in [0.25, 0.3) is 5.69 Å². The molecule has 1 heterocycles. The summed E-state index contributed by atoms with van der Waals surface area (Å²) in [7, 11) is 1.53. The van der Waals surface area contributed by atoms with E-state index in [1.165, 1.54) is 7.11 Å². The Hall–Kier alpha value is -2.79. The molecule has 6 heteroatoms. The zero-order valence-corrected chi connectivity index (χ0v) is 16.4. The molecule has 3 aromatic rings. The van der Waals surface area contributed by atoms with E-state index >= 15 is 0 Å². The molecule has 1 aromatic heterocycles. The summed E-state index contributed by atoms with van der Waals surface area (Å²) in [6, 6.07) is 15.2. The quantitative estimate of drug-likeness (QED) is 0.696. The third-order valence-corrected chi connectivity index (χ3v) is 4.53. The van der Waals surface area contributed by atoms with Crippen molar-refractivity contribution in [2.24, 2.45) is 0 Å². The van der Waals surface area contributed by atoms with Crippen molar-refractivity contribution in [3.05, 3.63) is 76.1 Å². The molecule has 1 amide bonds. The summed E-state index contributed by atoms with van der Waals surface area (Å²) < 4.78 is 7.15. The highest BCUT2D eigenvalue weighted by atomic mass is 35.5. The molecule has 0 aliphatic heterocycles. The van der Waals surface area contributed by atoms with Crippen LogP contribution in [-0.2, 0) is 6.42 Å². The lowest BCUT2D eigenvalue weighted by atomic mass is 10.1. The molecular weight excluding hydrogens is 362 g/mol. The molecule has 0 spiro atoms. The highest BCUT2D eigenvalue weighted by Gasteiger charge is 2.12. The number of rotatable bonds is 6. The Labute approximate surface area is 163 Å². The monoisotopic (exact) mass is 383 g/mol. The fourth-order valence-corrected chi connectivity index (χ4v) is 3.14. The van der Waals surface area contributed by atoms with Crippen molar-refractivity contribution in [1.29, 1.82) is 0 Å². The van der Waals surface area contributed by atoms with Crippen LogP contribution in [0.15, 0.2) is 48.5 Å². The number of benzene rings is 2. The zero-order valence-electron chi connectivity index (χ0n) is 15.6. The predicted molar refractivity (Wildman–Crippen MR) is 107 cm³/mol. The third-order valence-electron chi connectivity index (χ3n) is 4.30. The number of carbonyl (C=O) groups is 1. The van der Waals surface area contributed by atoms with E-state index in [2.05, 4.69) is 22.5 Å². The largest absolute Gasteiger partial charge is 0.496 e. The van der Waals surface area contributed by atoms with Gasteiger partial charge in [0.1, 0.15) is 5.75 Å². The van der Waals surface area contributed by atoms with E-state index < -0.39 is 0 Å². The Kier molecular flexibility index (Phi) is 5.81. The van der Waals surface area contributed by atoms with E-state index in [1.807, 2.05) is 36.7 Å². The van der Waals surface area contributed by atoms with Gasteiger partial charge in [0, 0.05) is 17.3 Å². The number of aromatic nitrogens is 2. The summed E-state index contributed by atoms with van der Waals surface area (Å²) in [6.45, 7) is 4.54. The van der Waals surface area contributed by atoms with Crippen LogP contribution in [0.5, 0.6) is 5.75 Å². The molecule has 0 aliphatic rings. The Morgan fingerprint density at radius 3 is 2.52 bits per heavy atom. The van der Waals surface area contributed by atoms with Crippen LogP contribution in [-0.4, -0.2) is 29.3 Å². The number of hydrogen-bond donors (Lipinski definition) is 1. The number of aryl methyl sites for hydroxylation is 2. The predicted octanol–water partition coefficient (Wildman–Crippen LogP) is 4.12. The molecule has 5 nitrogen and oxygen atoms in total. The van der Waals surface area contributed by atoms with Crippen molar-refractivity contribution in [3.8, 4) is 11.4 Å². The number of ether oxygens (including phenoxy) is 1. The van der Waals surface area contributed by atoms with Gasteiger partial charge in [-0.25, -0.2) is 4.68 Å². The van der Waals surface area contributed by atoms with Crippen LogP contribution in [0.1, 0.15) is 27.3 Å². The molecule has 0 saturated heterocycles.